The van der Waals surface area contributed by atoms with Crippen LogP contribution >= 0.6 is 15.9 Å². The zero-order valence-corrected chi connectivity index (χ0v) is 14.6. The van der Waals surface area contributed by atoms with E-state index < -0.39 is 11.9 Å². The number of hydrogen-bond acceptors (Lipinski definition) is 5. The molecule has 0 spiro atoms. The third-order valence-corrected chi connectivity index (χ3v) is 3.12. The fraction of sp³-hybridized carbons (Fsp3) is 0.312. The molecule has 0 aromatic heterocycles. The van der Waals surface area contributed by atoms with Crippen LogP contribution in [0.3, 0.4) is 0 Å². The molecule has 1 aromatic rings. The SMILES string of the molecule is COC(=O)COc1ccc(Br)cc1/C=C(/C#N)C(=O)NC(C)C. The number of nitrogens with one attached hydrogen (secondary N) is 1. The largest absolute Gasteiger partial charge is 0.481 e. The Bertz CT molecular complexity index is 663. The van der Waals surface area contributed by atoms with Gasteiger partial charge >= 0.3 is 5.97 Å². The second-order valence-electron chi connectivity index (χ2n) is 4.84. The standard InChI is InChI=1S/C16H17BrN2O4/c1-10(2)19-16(21)12(8-18)6-11-7-13(17)4-5-14(11)23-9-15(20)22-3/h4-7,10H,9H2,1-3H3,(H,19,21)/b12-6-. The highest BCUT2D eigenvalue weighted by atomic mass is 79.9. The maximum Gasteiger partial charge on any atom is 0.343 e. The fourth-order valence-electron chi connectivity index (χ4n) is 1.60. The topological polar surface area (TPSA) is 88.4 Å². The van der Waals surface area contributed by atoms with E-state index in [0.29, 0.717) is 11.3 Å². The summed E-state index contributed by atoms with van der Waals surface area (Å²) in [4.78, 5) is 23.2. The van der Waals surface area contributed by atoms with E-state index in [1.54, 1.807) is 32.0 Å². The van der Waals surface area contributed by atoms with Crippen LogP contribution in [-0.2, 0) is 14.3 Å². The summed E-state index contributed by atoms with van der Waals surface area (Å²) in [7, 11) is 1.26. The zero-order valence-electron chi connectivity index (χ0n) is 13.1. The van der Waals surface area contributed by atoms with Crippen LogP contribution in [0.2, 0.25) is 0 Å². The van der Waals surface area contributed by atoms with Crippen molar-refractivity contribution in [1.82, 2.24) is 5.32 Å². The summed E-state index contributed by atoms with van der Waals surface area (Å²) in [6.07, 6.45) is 1.41. The van der Waals surface area contributed by atoms with Gasteiger partial charge in [0.1, 0.15) is 17.4 Å². The van der Waals surface area contributed by atoms with Crippen molar-refractivity contribution in [3.63, 3.8) is 0 Å². The Morgan fingerprint density at radius 1 is 1.43 bits per heavy atom. The average molecular weight is 381 g/mol. The third kappa shape index (κ3) is 6.12. The predicted molar refractivity (Wildman–Crippen MR) is 88.5 cm³/mol. The van der Waals surface area contributed by atoms with Crippen molar-refractivity contribution in [2.45, 2.75) is 19.9 Å². The zero-order chi connectivity index (χ0) is 17.4. The third-order valence-electron chi connectivity index (χ3n) is 2.63. The van der Waals surface area contributed by atoms with Crippen LogP contribution in [0.25, 0.3) is 6.08 Å². The number of esters is 1. The minimum atomic E-state index is -0.527. The van der Waals surface area contributed by atoms with Crippen LogP contribution in [0.4, 0.5) is 0 Å². The van der Waals surface area contributed by atoms with Gasteiger partial charge in [-0.15, -0.1) is 0 Å². The molecule has 1 amide bonds. The maximum atomic E-state index is 12.0. The van der Waals surface area contributed by atoms with Gasteiger partial charge in [0.2, 0.25) is 0 Å². The molecule has 0 aliphatic heterocycles. The van der Waals surface area contributed by atoms with E-state index in [2.05, 4.69) is 26.0 Å². The number of carbonyl (C=O) groups is 2. The summed E-state index contributed by atoms with van der Waals surface area (Å²) in [5, 5.41) is 11.8. The maximum absolute atomic E-state index is 12.0. The Hall–Kier alpha value is -2.33. The van der Waals surface area contributed by atoms with Crippen molar-refractivity contribution in [2.24, 2.45) is 0 Å². The number of amides is 1. The van der Waals surface area contributed by atoms with E-state index in [1.165, 1.54) is 13.2 Å². The van der Waals surface area contributed by atoms with Crippen LogP contribution in [0.1, 0.15) is 19.4 Å². The smallest absolute Gasteiger partial charge is 0.343 e. The molecule has 0 saturated heterocycles. The summed E-state index contributed by atoms with van der Waals surface area (Å²) in [6.45, 7) is 3.34. The van der Waals surface area contributed by atoms with Gasteiger partial charge in [0.25, 0.3) is 5.91 Å². The van der Waals surface area contributed by atoms with E-state index in [0.717, 1.165) is 4.47 Å². The van der Waals surface area contributed by atoms with E-state index in [4.69, 9.17) is 4.74 Å². The highest BCUT2D eigenvalue weighted by Crippen LogP contribution is 2.25. The van der Waals surface area contributed by atoms with E-state index in [1.807, 2.05) is 6.07 Å². The van der Waals surface area contributed by atoms with Gasteiger partial charge in [-0.2, -0.15) is 5.26 Å². The molecule has 1 aromatic carbocycles. The number of nitriles is 1. The highest BCUT2D eigenvalue weighted by molar-refractivity contribution is 9.10. The van der Waals surface area contributed by atoms with Crippen molar-refractivity contribution >= 4 is 33.9 Å². The molecule has 0 unspecified atom stereocenters. The van der Waals surface area contributed by atoms with Crippen LogP contribution < -0.4 is 10.1 Å². The van der Waals surface area contributed by atoms with Crippen molar-refractivity contribution in [1.29, 1.82) is 5.26 Å². The highest BCUT2D eigenvalue weighted by Gasteiger charge is 2.13. The monoisotopic (exact) mass is 380 g/mol. The number of methoxy groups -OCH3 is 1. The van der Waals surface area contributed by atoms with Gasteiger partial charge < -0.3 is 14.8 Å². The molecular formula is C16H17BrN2O4. The van der Waals surface area contributed by atoms with Gasteiger partial charge in [-0.05, 0) is 38.1 Å². The van der Waals surface area contributed by atoms with E-state index in [9.17, 15) is 14.9 Å². The van der Waals surface area contributed by atoms with Crippen molar-refractivity contribution in [3.8, 4) is 11.8 Å². The van der Waals surface area contributed by atoms with Gasteiger partial charge in [-0.1, -0.05) is 15.9 Å². The number of halogens is 1. The molecule has 6 nitrogen and oxygen atoms in total. The molecule has 0 bridgehead atoms. The molecule has 0 heterocycles. The van der Waals surface area contributed by atoms with Gasteiger partial charge in [-0.25, -0.2) is 4.79 Å². The first-order chi connectivity index (χ1) is 10.9. The fourth-order valence-corrected chi connectivity index (χ4v) is 1.98. The molecule has 0 saturated carbocycles. The second-order valence-corrected chi connectivity index (χ2v) is 5.76. The molecule has 0 aliphatic rings. The van der Waals surface area contributed by atoms with E-state index >= 15 is 0 Å². The first-order valence-electron chi connectivity index (χ1n) is 6.79. The molecule has 0 radical (unpaired) electrons. The van der Waals surface area contributed by atoms with Crippen molar-refractivity contribution in [2.75, 3.05) is 13.7 Å². The molecule has 0 atom stereocenters. The van der Waals surface area contributed by atoms with Crippen molar-refractivity contribution < 1.29 is 19.1 Å². The number of nitrogens with zero attached hydrogens (tertiary/aromatic N) is 1. The van der Waals surface area contributed by atoms with Gasteiger partial charge in [-0.3, -0.25) is 4.79 Å². The Balaban J connectivity index is 3.11. The Morgan fingerprint density at radius 2 is 2.13 bits per heavy atom. The number of carbonyl (C=O) groups excluding carboxylic acids is 2. The lowest BCUT2D eigenvalue weighted by molar-refractivity contribution is -0.142. The summed E-state index contributed by atoms with van der Waals surface area (Å²) >= 11 is 3.32. The van der Waals surface area contributed by atoms with Crippen LogP contribution in [0, 0.1) is 11.3 Å². The minimum Gasteiger partial charge on any atom is -0.481 e. The minimum absolute atomic E-state index is 0.0558. The lowest BCUT2D eigenvalue weighted by atomic mass is 10.1. The molecule has 1 rings (SSSR count). The lowest BCUT2D eigenvalue weighted by Crippen LogP contribution is -2.30. The molecule has 23 heavy (non-hydrogen) atoms. The quantitative estimate of drug-likeness (QED) is 0.465. The van der Waals surface area contributed by atoms with Gasteiger partial charge in [0.15, 0.2) is 6.61 Å². The Kier molecular flexibility index (Phi) is 7.29. The number of ether oxygens (including phenoxy) is 2. The average Bonchev–Trinajstić information content (AvgIpc) is 2.50. The second kappa shape index (κ2) is 8.96. The number of rotatable bonds is 6. The normalized spacial score (nSPS) is 10.9. The Morgan fingerprint density at radius 3 is 2.70 bits per heavy atom. The number of benzene rings is 1. The molecule has 0 aliphatic carbocycles. The molecule has 122 valence electrons. The predicted octanol–water partition coefficient (Wildman–Crippen LogP) is 2.43. The summed E-state index contributed by atoms with van der Waals surface area (Å²) in [6, 6.07) is 6.83. The molecule has 1 N–H and O–H groups in total. The summed E-state index contributed by atoms with van der Waals surface area (Å²) in [5.41, 5.74) is 0.443. The van der Waals surface area contributed by atoms with Gasteiger partial charge in [0, 0.05) is 16.1 Å². The molecule has 7 heteroatoms. The number of hydrogen-bond donors (Lipinski definition) is 1. The van der Waals surface area contributed by atoms with E-state index in [-0.39, 0.29) is 18.2 Å². The Labute approximate surface area is 143 Å². The lowest BCUT2D eigenvalue weighted by Gasteiger charge is -2.10. The molecule has 0 fully saturated rings. The van der Waals surface area contributed by atoms with Crippen LogP contribution in [-0.4, -0.2) is 31.6 Å². The van der Waals surface area contributed by atoms with Gasteiger partial charge in [0.05, 0.1) is 7.11 Å². The van der Waals surface area contributed by atoms with Crippen molar-refractivity contribution in [3.05, 3.63) is 33.8 Å². The summed E-state index contributed by atoms with van der Waals surface area (Å²) in [5.74, 6) is -0.633. The molecular weight excluding hydrogens is 364 g/mol. The first-order valence-corrected chi connectivity index (χ1v) is 7.58. The van der Waals surface area contributed by atoms with Crippen LogP contribution in [0.15, 0.2) is 28.2 Å². The first kappa shape index (κ1) is 18.7. The van der Waals surface area contributed by atoms with Crippen LogP contribution in [0.5, 0.6) is 5.75 Å². The summed E-state index contributed by atoms with van der Waals surface area (Å²) < 4.78 is 10.6.